The molecule has 0 spiro atoms. The van der Waals surface area contributed by atoms with Gasteiger partial charge in [0.25, 0.3) is 0 Å². The second-order valence-electron chi connectivity index (χ2n) is 7.54. The number of anilines is 1. The zero-order chi connectivity index (χ0) is 19.6. The number of alkyl halides is 3. The average molecular weight is 411 g/mol. The summed E-state index contributed by atoms with van der Waals surface area (Å²) >= 11 is 1.74. The maximum Gasteiger partial charge on any atom is 0.433 e. The Kier molecular flexibility index (Phi) is 5.89. The Hall–Kier alpha value is -1.64. The van der Waals surface area contributed by atoms with Crippen molar-refractivity contribution < 1.29 is 13.2 Å². The van der Waals surface area contributed by atoms with Crippen LogP contribution in [0.3, 0.4) is 0 Å². The molecule has 8 heteroatoms. The molecule has 0 saturated carbocycles. The van der Waals surface area contributed by atoms with Gasteiger partial charge in [0.2, 0.25) is 0 Å². The molecule has 2 fully saturated rings. The van der Waals surface area contributed by atoms with E-state index in [-0.39, 0.29) is 0 Å². The average Bonchev–Trinajstić information content (AvgIpc) is 3.21. The van der Waals surface area contributed by atoms with Crippen molar-refractivity contribution in [1.29, 1.82) is 0 Å². The fourth-order valence-electron chi connectivity index (χ4n) is 4.16. The minimum Gasteiger partial charge on any atom is -0.354 e. The molecule has 0 N–H and O–H groups in total. The summed E-state index contributed by atoms with van der Waals surface area (Å²) < 4.78 is 38.7. The molecule has 0 aliphatic carbocycles. The lowest BCUT2D eigenvalue weighted by Gasteiger charge is -2.43. The zero-order valence-electron chi connectivity index (χ0n) is 15.7. The van der Waals surface area contributed by atoms with E-state index in [9.17, 15) is 13.2 Å². The Balaban J connectivity index is 1.27. The van der Waals surface area contributed by atoms with Gasteiger partial charge in [-0.25, -0.2) is 4.98 Å². The van der Waals surface area contributed by atoms with Crippen LogP contribution < -0.4 is 4.90 Å². The van der Waals surface area contributed by atoms with Crippen LogP contribution in [-0.2, 0) is 12.7 Å². The number of hydrogen-bond acceptors (Lipinski definition) is 5. The van der Waals surface area contributed by atoms with Crippen molar-refractivity contribution >= 4 is 17.2 Å². The van der Waals surface area contributed by atoms with Gasteiger partial charge in [-0.05, 0) is 60.5 Å². The maximum atomic E-state index is 12.9. The monoisotopic (exact) mass is 410 g/mol. The number of likely N-dealkylation sites (tertiary alicyclic amines) is 1. The molecule has 0 radical (unpaired) electrons. The van der Waals surface area contributed by atoms with Gasteiger partial charge in [-0.2, -0.15) is 24.5 Å². The van der Waals surface area contributed by atoms with Crippen molar-refractivity contribution in [3.8, 4) is 0 Å². The van der Waals surface area contributed by atoms with E-state index in [1.54, 1.807) is 17.4 Å². The Morgan fingerprint density at radius 1 is 1.00 bits per heavy atom. The summed E-state index contributed by atoms with van der Waals surface area (Å²) in [7, 11) is 0. The second-order valence-corrected chi connectivity index (χ2v) is 8.32. The number of pyridine rings is 1. The molecule has 0 bridgehead atoms. The molecule has 4 rings (SSSR count). The molecular formula is C20H25F3N4S. The summed E-state index contributed by atoms with van der Waals surface area (Å²) in [5.41, 5.74) is 0.580. The van der Waals surface area contributed by atoms with Crippen molar-refractivity contribution in [2.45, 2.75) is 31.6 Å². The van der Waals surface area contributed by atoms with Gasteiger partial charge in [-0.3, -0.25) is 9.80 Å². The molecule has 28 heavy (non-hydrogen) atoms. The molecule has 152 valence electrons. The maximum absolute atomic E-state index is 12.9. The third-order valence-electron chi connectivity index (χ3n) is 5.72. The number of nitrogens with zero attached hydrogens (tertiary/aromatic N) is 4. The van der Waals surface area contributed by atoms with Gasteiger partial charge in [0.05, 0.1) is 0 Å². The first-order valence-corrected chi connectivity index (χ1v) is 10.7. The summed E-state index contributed by atoms with van der Waals surface area (Å²) in [5.74, 6) is 0.431. The highest BCUT2D eigenvalue weighted by Crippen LogP contribution is 2.29. The minimum atomic E-state index is -4.39. The van der Waals surface area contributed by atoms with E-state index in [1.165, 1.54) is 11.6 Å². The van der Waals surface area contributed by atoms with Crippen LogP contribution in [0.4, 0.5) is 19.0 Å². The number of hydrogen-bond donors (Lipinski definition) is 0. The summed E-state index contributed by atoms with van der Waals surface area (Å²) in [6.45, 7) is 6.46. The molecule has 2 aliphatic rings. The van der Waals surface area contributed by atoms with Crippen molar-refractivity contribution in [2.75, 3.05) is 44.2 Å². The number of halogens is 3. The number of rotatable bonds is 4. The number of piperazine rings is 1. The molecule has 2 aromatic rings. The van der Waals surface area contributed by atoms with Crippen molar-refractivity contribution in [1.82, 2.24) is 14.8 Å². The van der Waals surface area contributed by atoms with Crippen LogP contribution in [0.2, 0.25) is 0 Å². The Morgan fingerprint density at radius 3 is 2.39 bits per heavy atom. The van der Waals surface area contributed by atoms with Crippen molar-refractivity contribution in [2.24, 2.45) is 0 Å². The summed E-state index contributed by atoms with van der Waals surface area (Å²) in [4.78, 5) is 10.8. The van der Waals surface area contributed by atoms with Crippen LogP contribution in [0.25, 0.3) is 0 Å². The standard InChI is InChI=1S/C20H25F3N4S/c21-20(22,23)18-2-1-3-19(24-18)27-11-9-26(10-12-27)17-4-7-25(8-5-17)14-16-6-13-28-15-16/h1-3,6,13,15,17H,4-5,7-12,14H2. The highest BCUT2D eigenvalue weighted by atomic mass is 32.1. The van der Waals surface area contributed by atoms with Gasteiger partial charge in [0, 0.05) is 38.8 Å². The number of aromatic nitrogens is 1. The normalized spacial score (nSPS) is 20.6. The summed E-state index contributed by atoms with van der Waals surface area (Å²) in [6, 6.07) is 6.92. The van der Waals surface area contributed by atoms with Crippen LogP contribution in [0.1, 0.15) is 24.1 Å². The van der Waals surface area contributed by atoms with Gasteiger partial charge in [-0.1, -0.05) is 6.07 Å². The quantitative estimate of drug-likeness (QED) is 0.761. The fraction of sp³-hybridized carbons (Fsp3) is 0.550. The van der Waals surface area contributed by atoms with E-state index in [0.29, 0.717) is 11.9 Å². The van der Waals surface area contributed by atoms with Crippen LogP contribution in [0, 0.1) is 0 Å². The summed E-state index contributed by atoms with van der Waals surface area (Å²) in [6.07, 6.45) is -2.08. The number of piperidine rings is 1. The second kappa shape index (κ2) is 8.39. The first-order valence-electron chi connectivity index (χ1n) is 9.76. The fourth-order valence-corrected chi connectivity index (χ4v) is 4.82. The van der Waals surface area contributed by atoms with Gasteiger partial charge >= 0.3 is 6.18 Å². The lowest BCUT2D eigenvalue weighted by molar-refractivity contribution is -0.141. The van der Waals surface area contributed by atoms with Crippen molar-refractivity contribution in [3.63, 3.8) is 0 Å². The Morgan fingerprint density at radius 2 is 1.75 bits per heavy atom. The molecule has 0 amide bonds. The third-order valence-corrected chi connectivity index (χ3v) is 6.45. The predicted octanol–water partition coefficient (Wildman–Crippen LogP) is 3.95. The van der Waals surface area contributed by atoms with Gasteiger partial charge < -0.3 is 4.90 Å². The molecule has 0 unspecified atom stereocenters. The van der Waals surface area contributed by atoms with E-state index < -0.39 is 11.9 Å². The number of thiophene rings is 1. The van der Waals surface area contributed by atoms with Crippen LogP contribution in [0.15, 0.2) is 35.0 Å². The topological polar surface area (TPSA) is 22.6 Å². The lowest BCUT2D eigenvalue weighted by atomic mass is 10.0. The molecular weight excluding hydrogens is 385 g/mol. The summed E-state index contributed by atoms with van der Waals surface area (Å²) in [5, 5.41) is 4.34. The van der Waals surface area contributed by atoms with Gasteiger partial charge in [-0.15, -0.1) is 0 Å². The highest BCUT2D eigenvalue weighted by molar-refractivity contribution is 7.07. The van der Waals surface area contributed by atoms with Crippen LogP contribution >= 0.6 is 11.3 Å². The van der Waals surface area contributed by atoms with Gasteiger partial charge in [0.15, 0.2) is 0 Å². The predicted molar refractivity (Wildman–Crippen MR) is 106 cm³/mol. The van der Waals surface area contributed by atoms with Crippen LogP contribution in [0.5, 0.6) is 0 Å². The SMILES string of the molecule is FC(F)(F)c1cccc(N2CCN(C3CCN(Cc4ccsc4)CC3)CC2)n1. The molecule has 2 saturated heterocycles. The zero-order valence-corrected chi connectivity index (χ0v) is 16.6. The lowest BCUT2D eigenvalue weighted by Crippen LogP contribution is -2.53. The Labute approximate surface area is 167 Å². The minimum absolute atomic E-state index is 0.431. The van der Waals surface area contributed by atoms with E-state index in [1.807, 2.05) is 4.90 Å². The first kappa shape index (κ1) is 19.7. The molecule has 2 aliphatic heterocycles. The largest absolute Gasteiger partial charge is 0.433 e. The smallest absolute Gasteiger partial charge is 0.354 e. The molecule has 0 atom stereocenters. The van der Waals surface area contributed by atoms with Gasteiger partial charge in [0.1, 0.15) is 11.5 Å². The highest BCUT2D eigenvalue weighted by Gasteiger charge is 2.33. The van der Waals surface area contributed by atoms with Crippen molar-refractivity contribution in [3.05, 3.63) is 46.3 Å². The Bertz CT molecular complexity index is 749. The first-order chi connectivity index (χ1) is 13.5. The van der Waals surface area contributed by atoms with Crippen LogP contribution in [-0.4, -0.2) is 60.1 Å². The van der Waals surface area contributed by atoms with E-state index >= 15 is 0 Å². The third kappa shape index (κ3) is 4.67. The molecule has 4 nitrogen and oxygen atoms in total. The van der Waals surface area contributed by atoms with E-state index in [0.717, 1.165) is 64.7 Å². The van der Waals surface area contributed by atoms with E-state index in [4.69, 9.17) is 0 Å². The molecule has 2 aromatic heterocycles. The molecule has 0 aromatic carbocycles. The molecule has 4 heterocycles. The van der Waals surface area contributed by atoms with E-state index in [2.05, 4.69) is 31.6 Å².